The van der Waals surface area contributed by atoms with E-state index in [4.69, 9.17) is 16.7 Å². The summed E-state index contributed by atoms with van der Waals surface area (Å²) in [7, 11) is 0. The summed E-state index contributed by atoms with van der Waals surface area (Å²) >= 11 is 5.92. The van der Waals surface area contributed by atoms with E-state index in [-0.39, 0.29) is 38.3 Å². The number of carboxylic acids is 1. The highest BCUT2D eigenvalue weighted by atomic mass is 35.5. The number of nitrogens with zero attached hydrogens (tertiary/aromatic N) is 1. The first-order valence-corrected chi connectivity index (χ1v) is 12.9. The van der Waals surface area contributed by atoms with Crippen molar-refractivity contribution >= 4 is 35.3 Å². The van der Waals surface area contributed by atoms with Crippen LogP contribution in [0.5, 0.6) is 0 Å². The third kappa shape index (κ3) is 9.28. The highest BCUT2D eigenvalue weighted by Crippen LogP contribution is 2.27. The monoisotopic (exact) mass is 539 g/mol. The zero-order valence-electron chi connectivity index (χ0n) is 21.6. The molecule has 1 aliphatic heterocycles. The molecule has 0 unspecified atom stereocenters. The van der Waals surface area contributed by atoms with Gasteiger partial charge in [-0.1, -0.05) is 50.9 Å². The van der Waals surface area contributed by atoms with Gasteiger partial charge in [-0.15, -0.1) is 0 Å². The van der Waals surface area contributed by atoms with Gasteiger partial charge in [-0.25, -0.2) is 0 Å². The molecule has 0 aromatic heterocycles. The molecule has 0 spiro atoms. The van der Waals surface area contributed by atoms with E-state index in [0.29, 0.717) is 29.8 Å². The second kappa shape index (κ2) is 13.7. The van der Waals surface area contributed by atoms with Crippen molar-refractivity contribution in [3.8, 4) is 0 Å². The van der Waals surface area contributed by atoms with Crippen molar-refractivity contribution in [2.45, 2.75) is 83.5 Å². The summed E-state index contributed by atoms with van der Waals surface area (Å²) in [6.07, 6.45) is 0.848. The van der Waals surface area contributed by atoms with Crippen molar-refractivity contribution < 1.29 is 34.5 Å². The quantitative estimate of drug-likeness (QED) is 0.254. The number of aliphatic hydroxyl groups is 2. The number of hydrogen-bond donors (Lipinski definition) is 5. The lowest BCUT2D eigenvalue weighted by Gasteiger charge is -2.35. The van der Waals surface area contributed by atoms with Crippen molar-refractivity contribution in [2.24, 2.45) is 5.41 Å². The Hall–Kier alpha value is -2.69. The number of benzene rings is 1. The normalized spacial score (nSPS) is 19.2. The Morgan fingerprint density at radius 3 is 2.24 bits per heavy atom. The smallest absolute Gasteiger partial charge is 0.303 e. The fourth-order valence-corrected chi connectivity index (χ4v) is 4.42. The summed E-state index contributed by atoms with van der Waals surface area (Å²) in [5.74, 6) is -2.22. The van der Waals surface area contributed by atoms with Gasteiger partial charge in [0.2, 0.25) is 17.7 Å². The number of carboxylic acid groups (broad SMARTS) is 1. The van der Waals surface area contributed by atoms with Crippen molar-refractivity contribution in [3.05, 3.63) is 34.9 Å². The maximum atomic E-state index is 13.6. The predicted molar refractivity (Wildman–Crippen MR) is 138 cm³/mol. The Kier molecular flexibility index (Phi) is 11.3. The molecule has 4 atom stereocenters. The van der Waals surface area contributed by atoms with Gasteiger partial charge in [0.05, 0.1) is 18.8 Å². The van der Waals surface area contributed by atoms with Crippen LogP contribution in [0.1, 0.15) is 70.9 Å². The summed E-state index contributed by atoms with van der Waals surface area (Å²) < 4.78 is 0. The molecule has 10 nitrogen and oxygen atoms in total. The summed E-state index contributed by atoms with van der Waals surface area (Å²) in [5.41, 5.74) is -0.0403. The summed E-state index contributed by atoms with van der Waals surface area (Å²) in [4.78, 5) is 51.3. The number of halogens is 1. The van der Waals surface area contributed by atoms with E-state index in [1.165, 1.54) is 4.90 Å². The summed E-state index contributed by atoms with van der Waals surface area (Å²) in [6.45, 7) is 4.97. The molecule has 1 aromatic rings. The number of carbonyl (C=O) groups is 4. The van der Waals surface area contributed by atoms with Crippen LogP contribution in [0.2, 0.25) is 5.02 Å². The van der Waals surface area contributed by atoms with Gasteiger partial charge >= 0.3 is 5.97 Å². The average molecular weight is 540 g/mol. The molecule has 206 valence electrons. The van der Waals surface area contributed by atoms with Crippen molar-refractivity contribution in [1.82, 2.24) is 15.5 Å². The highest BCUT2D eigenvalue weighted by molar-refractivity contribution is 6.30. The molecule has 0 radical (unpaired) electrons. The Labute approximate surface area is 222 Å². The minimum atomic E-state index is -0.971. The topological polar surface area (TPSA) is 156 Å². The molecule has 11 heteroatoms. The molecular formula is C26H38ClN3O7. The molecule has 5 N–H and O–H groups in total. The number of aliphatic hydroxyl groups excluding tert-OH is 2. The van der Waals surface area contributed by atoms with Crippen molar-refractivity contribution in [1.29, 1.82) is 0 Å². The van der Waals surface area contributed by atoms with Gasteiger partial charge < -0.3 is 30.9 Å². The number of unbranched alkanes of at least 4 members (excludes halogenated alkanes) is 2. The van der Waals surface area contributed by atoms with E-state index in [1.54, 1.807) is 45.0 Å². The van der Waals surface area contributed by atoms with Crippen LogP contribution in [-0.2, 0) is 19.2 Å². The van der Waals surface area contributed by atoms with Crippen LogP contribution in [-0.4, -0.2) is 75.2 Å². The fourth-order valence-electron chi connectivity index (χ4n) is 4.29. The Morgan fingerprint density at radius 2 is 1.68 bits per heavy atom. The molecule has 1 aliphatic rings. The van der Waals surface area contributed by atoms with Crippen LogP contribution in [0.15, 0.2) is 24.3 Å². The molecule has 2 rings (SSSR count). The number of carbonyl (C=O) groups excluding carboxylic acids is 3. The summed E-state index contributed by atoms with van der Waals surface area (Å²) in [6, 6.07) is 4.02. The average Bonchev–Trinajstić information content (AvgIpc) is 3.21. The minimum absolute atomic E-state index is 0.0325. The second-order valence-corrected chi connectivity index (χ2v) is 10.9. The first kappa shape index (κ1) is 30.5. The first-order valence-electron chi connectivity index (χ1n) is 12.5. The van der Waals surface area contributed by atoms with E-state index in [2.05, 4.69) is 10.6 Å². The zero-order chi connectivity index (χ0) is 27.8. The van der Waals surface area contributed by atoms with Gasteiger partial charge in [0.15, 0.2) is 0 Å². The standard InChI is InChI=1S/C26H38ClN3O7/c1-26(2,3)23(29-21(33)7-5-4-6-8-22(34)35)25(37)30-14-18(32)13-20(30)24(36)28-19(15-31)16-9-11-17(27)12-10-16/h9-12,18-20,23,31-32H,4-8,13-15H2,1-3H3,(H,28,36)(H,29,33)(H,34,35)/t18-,19+,20+,23-/m1/s1. The third-order valence-electron chi connectivity index (χ3n) is 6.35. The van der Waals surface area contributed by atoms with E-state index >= 15 is 0 Å². The maximum absolute atomic E-state index is 13.6. The van der Waals surface area contributed by atoms with E-state index < -0.39 is 47.4 Å². The van der Waals surface area contributed by atoms with Crippen molar-refractivity contribution in [3.63, 3.8) is 0 Å². The van der Waals surface area contributed by atoms with E-state index in [9.17, 15) is 29.4 Å². The molecule has 1 aromatic carbocycles. The number of rotatable bonds is 12. The van der Waals surface area contributed by atoms with E-state index in [1.807, 2.05) is 0 Å². The van der Waals surface area contributed by atoms with E-state index in [0.717, 1.165) is 0 Å². The largest absolute Gasteiger partial charge is 0.481 e. The van der Waals surface area contributed by atoms with Gasteiger partial charge in [0, 0.05) is 30.8 Å². The van der Waals surface area contributed by atoms with Gasteiger partial charge in [-0.05, 0) is 36.0 Å². The predicted octanol–water partition coefficient (Wildman–Crippen LogP) is 2.02. The Bertz CT molecular complexity index is 948. The molecule has 1 fully saturated rings. The second-order valence-electron chi connectivity index (χ2n) is 10.5. The molecule has 1 saturated heterocycles. The lowest BCUT2D eigenvalue weighted by Crippen LogP contribution is -2.58. The molecule has 0 aliphatic carbocycles. The number of amides is 3. The van der Waals surface area contributed by atoms with Crippen LogP contribution in [0.4, 0.5) is 0 Å². The zero-order valence-corrected chi connectivity index (χ0v) is 22.3. The molecule has 0 saturated carbocycles. The lowest BCUT2D eigenvalue weighted by molar-refractivity contribution is -0.144. The number of β-amino-alcohol motifs (C(OH)–C–C–N with tert-alkyl or cyclic N) is 1. The molecule has 3 amide bonds. The molecule has 37 heavy (non-hydrogen) atoms. The Morgan fingerprint density at radius 1 is 1.05 bits per heavy atom. The van der Waals surface area contributed by atoms with Crippen LogP contribution in [0.25, 0.3) is 0 Å². The molecule has 0 bridgehead atoms. The van der Waals surface area contributed by atoms with Crippen LogP contribution >= 0.6 is 11.6 Å². The number of aliphatic carboxylic acids is 1. The SMILES string of the molecule is CC(C)(C)[C@H](NC(=O)CCCCCC(=O)O)C(=O)N1C[C@H](O)C[C@H]1C(=O)N[C@@H](CO)c1ccc(Cl)cc1. The molecule has 1 heterocycles. The van der Waals surface area contributed by atoms with Gasteiger partial charge in [-0.2, -0.15) is 0 Å². The van der Waals surface area contributed by atoms with Gasteiger partial charge in [0.1, 0.15) is 12.1 Å². The summed E-state index contributed by atoms with van der Waals surface area (Å²) in [5, 5.41) is 34.9. The number of likely N-dealkylation sites (tertiary alicyclic amines) is 1. The first-order chi connectivity index (χ1) is 17.3. The third-order valence-corrected chi connectivity index (χ3v) is 6.60. The van der Waals surface area contributed by atoms with Crippen LogP contribution in [0, 0.1) is 5.41 Å². The molecular weight excluding hydrogens is 502 g/mol. The number of nitrogens with one attached hydrogen (secondary N) is 2. The van der Waals surface area contributed by atoms with Crippen LogP contribution in [0.3, 0.4) is 0 Å². The Balaban J connectivity index is 2.09. The number of hydrogen-bond acceptors (Lipinski definition) is 6. The van der Waals surface area contributed by atoms with Crippen molar-refractivity contribution in [2.75, 3.05) is 13.2 Å². The maximum Gasteiger partial charge on any atom is 0.303 e. The lowest BCUT2D eigenvalue weighted by atomic mass is 9.85. The van der Waals surface area contributed by atoms with Crippen LogP contribution < -0.4 is 10.6 Å². The minimum Gasteiger partial charge on any atom is -0.481 e. The highest BCUT2D eigenvalue weighted by Gasteiger charge is 2.44. The van der Waals surface area contributed by atoms with Gasteiger partial charge in [0.25, 0.3) is 0 Å². The van der Waals surface area contributed by atoms with Gasteiger partial charge in [-0.3, -0.25) is 19.2 Å². The fraction of sp³-hybridized carbons (Fsp3) is 0.615.